The SMILES string of the molecule is CC(c1cccs1)N(C)C(=O)N[C@H](C(=O)O)C(C)(C)C. The van der Waals surface area contributed by atoms with E-state index in [9.17, 15) is 14.7 Å². The number of thiophene rings is 1. The highest BCUT2D eigenvalue weighted by molar-refractivity contribution is 7.10. The zero-order valence-electron chi connectivity index (χ0n) is 12.5. The molecular weight excluding hydrogens is 276 g/mol. The largest absolute Gasteiger partial charge is 0.480 e. The third-order valence-corrected chi connectivity index (χ3v) is 4.28. The van der Waals surface area contributed by atoms with Gasteiger partial charge in [0.05, 0.1) is 6.04 Å². The first-order valence-electron chi connectivity index (χ1n) is 6.44. The van der Waals surface area contributed by atoms with Crippen molar-refractivity contribution < 1.29 is 14.7 Å². The highest BCUT2D eigenvalue weighted by atomic mass is 32.1. The van der Waals surface area contributed by atoms with Crippen molar-refractivity contribution >= 4 is 23.3 Å². The molecule has 2 N–H and O–H groups in total. The Kier molecular flexibility index (Phi) is 5.16. The van der Waals surface area contributed by atoms with Crippen molar-refractivity contribution in [2.45, 2.75) is 39.8 Å². The van der Waals surface area contributed by atoms with Crippen LogP contribution in [-0.2, 0) is 4.79 Å². The van der Waals surface area contributed by atoms with Crippen LogP contribution in [0.3, 0.4) is 0 Å². The molecule has 0 fully saturated rings. The number of carbonyl (C=O) groups excluding carboxylic acids is 1. The van der Waals surface area contributed by atoms with Gasteiger partial charge < -0.3 is 15.3 Å². The molecule has 0 saturated heterocycles. The minimum absolute atomic E-state index is 0.0931. The lowest BCUT2D eigenvalue weighted by atomic mass is 9.87. The highest BCUT2D eigenvalue weighted by Crippen LogP contribution is 2.24. The summed E-state index contributed by atoms with van der Waals surface area (Å²) in [6.45, 7) is 7.27. The number of aliphatic carboxylic acids is 1. The lowest BCUT2D eigenvalue weighted by Crippen LogP contribution is -2.52. The van der Waals surface area contributed by atoms with Crippen molar-refractivity contribution in [3.05, 3.63) is 22.4 Å². The van der Waals surface area contributed by atoms with Crippen LogP contribution in [0.5, 0.6) is 0 Å². The highest BCUT2D eigenvalue weighted by Gasteiger charge is 2.34. The average molecular weight is 298 g/mol. The minimum atomic E-state index is -1.02. The molecule has 2 atom stereocenters. The van der Waals surface area contributed by atoms with E-state index in [1.54, 1.807) is 39.2 Å². The van der Waals surface area contributed by atoms with Gasteiger partial charge in [0.2, 0.25) is 0 Å². The molecule has 0 bridgehead atoms. The Bertz CT molecular complexity index is 465. The first-order valence-corrected chi connectivity index (χ1v) is 7.32. The number of rotatable bonds is 4. The molecule has 20 heavy (non-hydrogen) atoms. The van der Waals surface area contributed by atoms with Gasteiger partial charge in [-0.2, -0.15) is 0 Å². The molecule has 6 heteroatoms. The number of nitrogens with zero attached hydrogens (tertiary/aromatic N) is 1. The number of carbonyl (C=O) groups is 2. The summed E-state index contributed by atoms with van der Waals surface area (Å²) < 4.78 is 0. The molecule has 0 aliphatic carbocycles. The van der Waals surface area contributed by atoms with Gasteiger partial charge in [-0.3, -0.25) is 0 Å². The smallest absolute Gasteiger partial charge is 0.326 e. The Morgan fingerprint density at radius 1 is 1.40 bits per heavy atom. The number of hydrogen-bond donors (Lipinski definition) is 2. The Morgan fingerprint density at radius 2 is 2.00 bits per heavy atom. The van der Waals surface area contributed by atoms with Crippen LogP contribution in [0.15, 0.2) is 17.5 Å². The number of amides is 2. The maximum Gasteiger partial charge on any atom is 0.326 e. The third kappa shape index (κ3) is 3.96. The van der Waals surface area contributed by atoms with Crippen LogP contribution in [-0.4, -0.2) is 35.1 Å². The Labute approximate surface area is 123 Å². The van der Waals surface area contributed by atoms with Crippen molar-refractivity contribution in [1.29, 1.82) is 0 Å². The van der Waals surface area contributed by atoms with Crippen LogP contribution >= 0.6 is 11.3 Å². The molecule has 0 aliphatic rings. The van der Waals surface area contributed by atoms with Crippen LogP contribution in [0, 0.1) is 5.41 Å². The number of nitrogens with one attached hydrogen (secondary N) is 1. The molecule has 1 heterocycles. The van der Waals surface area contributed by atoms with Crippen LogP contribution < -0.4 is 5.32 Å². The first kappa shape index (κ1) is 16.5. The molecule has 0 saturated carbocycles. The van der Waals surface area contributed by atoms with Crippen molar-refractivity contribution in [1.82, 2.24) is 10.2 Å². The number of hydrogen-bond acceptors (Lipinski definition) is 3. The normalized spacial score (nSPS) is 14.4. The zero-order valence-corrected chi connectivity index (χ0v) is 13.3. The maximum absolute atomic E-state index is 12.2. The van der Waals surface area contributed by atoms with Gasteiger partial charge in [0.1, 0.15) is 6.04 Å². The van der Waals surface area contributed by atoms with Gasteiger partial charge in [-0.25, -0.2) is 9.59 Å². The molecule has 1 rings (SSSR count). The summed E-state index contributed by atoms with van der Waals surface area (Å²) in [6.07, 6.45) is 0. The van der Waals surface area contributed by atoms with E-state index >= 15 is 0 Å². The van der Waals surface area contributed by atoms with E-state index in [0.29, 0.717) is 0 Å². The van der Waals surface area contributed by atoms with E-state index in [1.165, 1.54) is 4.90 Å². The van der Waals surface area contributed by atoms with Crippen LogP contribution in [0.4, 0.5) is 4.79 Å². The second kappa shape index (κ2) is 6.26. The molecule has 0 radical (unpaired) electrons. The number of carboxylic acid groups (broad SMARTS) is 1. The Balaban J connectivity index is 2.77. The van der Waals surface area contributed by atoms with Crippen molar-refractivity contribution in [3.8, 4) is 0 Å². The van der Waals surface area contributed by atoms with E-state index in [-0.39, 0.29) is 12.1 Å². The van der Waals surface area contributed by atoms with Gasteiger partial charge in [0.15, 0.2) is 0 Å². The van der Waals surface area contributed by atoms with E-state index in [2.05, 4.69) is 5.32 Å². The fourth-order valence-electron chi connectivity index (χ4n) is 1.77. The van der Waals surface area contributed by atoms with Gasteiger partial charge in [-0.05, 0) is 23.8 Å². The molecule has 1 unspecified atom stereocenters. The molecule has 0 aliphatic heterocycles. The maximum atomic E-state index is 12.2. The van der Waals surface area contributed by atoms with Crippen molar-refractivity contribution in [2.24, 2.45) is 5.41 Å². The first-order chi connectivity index (χ1) is 9.14. The second-order valence-electron chi connectivity index (χ2n) is 5.89. The number of carboxylic acids is 1. The molecule has 2 amide bonds. The number of urea groups is 1. The summed E-state index contributed by atoms with van der Waals surface area (Å²) in [5.41, 5.74) is -0.547. The predicted molar refractivity (Wildman–Crippen MR) is 79.9 cm³/mol. The average Bonchev–Trinajstić information content (AvgIpc) is 2.85. The summed E-state index contributed by atoms with van der Waals surface area (Å²) in [5, 5.41) is 13.8. The van der Waals surface area contributed by atoms with Crippen LogP contribution in [0.1, 0.15) is 38.6 Å². The van der Waals surface area contributed by atoms with E-state index in [1.807, 2.05) is 24.4 Å². The molecule has 0 spiro atoms. The summed E-state index contributed by atoms with van der Waals surface area (Å²) >= 11 is 1.57. The van der Waals surface area contributed by atoms with Crippen molar-refractivity contribution in [2.75, 3.05) is 7.05 Å². The zero-order chi connectivity index (χ0) is 15.5. The topological polar surface area (TPSA) is 69.6 Å². The van der Waals surface area contributed by atoms with Crippen LogP contribution in [0.2, 0.25) is 0 Å². The van der Waals surface area contributed by atoms with E-state index in [0.717, 1.165) is 4.88 Å². The summed E-state index contributed by atoms with van der Waals surface area (Å²) in [4.78, 5) is 26.1. The quantitative estimate of drug-likeness (QED) is 0.898. The third-order valence-electron chi connectivity index (χ3n) is 3.24. The van der Waals surface area contributed by atoms with Gasteiger partial charge in [-0.1, -0.05) is 26.8 Å². The van der Waals surface area contributed by atoms with Gasteiger partial charge >= 0.3 is 12.0 Å². The lowest BCUT2D eigenvalue weighted by molar-refractivity contribution is -0.142. The molecule has 1 aromatic heterocycles. The molecular formula is C14H22N2O3S. The lowest BCUT2D eigenvalue weighted by Gasteiger charge is -2.31. The standard InChI is InChI=1S/C14H22N2O3S/c1-9(10-7-6-8-20-10)16(5)13(19)15-11(12(17)18)14(2,3)4/h6-9,11H,1-5H3,(H,15,19)(H,17,18)/t9?,11-/m1/s1. The fraction of sp³-hybridized carbons (Fsp3) is 0.571. The van der Waals surface area contributed by atoms with E-state index in [4.69, 9.17) is 0 Å². The Morgan fingerprint density at radius 3 is 2.40 bits per heavy atom. The molecule has 0 aromatic carbocycles. The van der Waals surface area contributed by atoms with Crippen molar-refractivity contribution in [3.63, 3.8) is 0 Å². The fourth-order valence-corrected chi connectivity index (χ4v) is 2.60. The van der Waals surface area contributed by atoms with E-state index < -0.39 is 17.4 Å². The second-order valence-corrected chi connectivity index (χ2v) is 6.87. The molecule has 5 nitrogen and oxygen atoms in total. The summed E-state index contributed by atoms with van der Waals surface area (Å²) in [6, 6.07) is 2.49. The monoisotopic (exact) mass is 298 g/mol. The van der Waals surface area contributed by atoms with Gasteiger partial charge in [-0.15, -0.1) is 11.3 Å². The summed E-state index contributed by atoms with van der Waals surface area (Å²) in [7, 11) is 1.67. The van der Waals surface area contributed by atoms with Crippen LogP contribution in [0.25, 0.3) is 0 Å². The summed E-state index contributed by atoms with van der Waals surface area (Å²) in [5.74, 6) is -1.02. The minimum Gasteiger partial charge on any atom is -0.480 e. The molecule has 112 valence electrons. The van der Waals surface area contributed by atoms with Gasteiger partial charge in [0.25, 0.3) is 0 Å². The predicted octanol–water partition coefficient (Wildman–Crippen LogP) is 2.95. The van der Waals surface area contributed by atoms with Gasteiger partial charge in [0, 0.05) is 11.9 Å². The molecule has 1 aromatic rings. The Hall–Kier alpha value is -1.56.